The lowest BCUT2D eigenvalue weighted by Crippen LogP contribution is -2.20. The third-order valence-electron chi connectivity index (χ3n) is 2.76. The number of carbonyl (C=O) groups is 2. The Morgan fingerprint density at radius 3 is 2.47 bits per heavy atom. The first-order chi connectivity index (χ1) is 8.24. The van der Waals surface area contributed by atoms with E-state index in [4.69, 9.17) is 0 Å². The Kier molecular flexibility index (Phi) is 2.37. The van der Waals surface area contributed by atoms with Crippen LogP contribution in [0.1, 0.15) is 10.8 Å². The Morgan fingerprint density at radius 1 is 1.00 bits per heavy atom. The maximum absolute atomic E-state index is 11.6. The first kappa shape index (κ1) is 10.4. The highest BCUT2D eigenvalue weighted by atomic mass is 32.2. The van der Waals surface area contributed by atoms with Crippen molar-refractivity contribution in [2.75, 3.05) is 0 Å². The third kappa shape index (κ3) is 1.80. The van der Waals surface area contributed by atoms with Crippen molar-refractivity contribution < 1.29 is 9.59 Å². The van der Waals surface area contributed by atoms with Crippen LogP contribution < -0.4 is 5.32 Å². The van der Waals surface area contributed by atoms with E-state index in [9.17, 15) is 9.59 Å². The lowest BCUT2D eigenvalue weighted by atomic mass is 10.0. The van der Waals surface area contributed by atoms with Crippen LogP contribution in [-0.4, -0.2) is 11.1 Å². The van der Waals surface area contributed by atoms with Gasteiger partial charge in [0.05, 0.1) is 0 Å². The lowest BCUT2D eigenvalue weighted by molar-refractivity contribution is -0.119. The number of hydrogen-bond donors (Lipinski definition) is 1. The fourth-order valence-corrected chi connectivity index (χ4v) is 2.77. The summed E-state index contributed by atoms with van der Waals surface area (Å²) in [5.74, 6) is -0.227. The van der Waals surface area contributed by atoms with Crippen LogP contribution in [0.2, 0.25) is 0 Å². The molecule has 3 rings (SSSR count). The van der Waals surface area contributed by atoms with Gasteiger partial charge >= 0.3 is 0 Å². The molecule has 1 heterocycles. The predicted octanol–water partition coefficient (Wildman–Crippen LogP) is 2.86. The maximum Gasteiger partial charge on any atom is 0.286 e. The van der Waals surface area contributed by atoms with Crippen molar-refractivity contribution in [3.05, 3.63) is 48.0 Å². The van der Waals surface area contributed by atoms with Gasteiger partial charge in [-0.2, -0.15) is 0 Å². The number of rotatable bonds is 1. The summed E-state index contributed by atoms with van der Waals surface area (Å²) in [7, 11) is 0. The number of fused-ring (bicyclic) bond motifs is 1. The van der Waals surface area contributed by atoms with Crippen LogP contribution in [0.15, 0.2) is 42.5 Å². The molecule has 17 heavy (non-hydrogen) atoms. The van der Waals surface area contributed by atoms with Crippen molar-refractivity contribution in [2.45, 2.75) is 5.25 Å². The number of carbonyl (C=O) groups excluding carboxylic acids is 2. The van der Waals surface area contributed by atoms with Crippen LogP contribution in [0.25, 0.3) is 10.8 Å². The molecule has 1 atom stereocenters. The molecule has 0 aromatic heterocycles. The third-order valence-corrected chi connectivity index (χ3v) is 3.80. The first-order valence-electron chi connectivity index (χ1n) is 5.24. The molecule has 3 nitrogen and oxygen atoms in total. The van der Waals surface area contributed by atoms with E-state index < -0.39 is 5.25 Å². The summed E-state index contributed by atoms with van der Waals surface area (Å²) in [6, 6.07) is 13.8. The van der Waals surface area contributed by atoms with Crippen LogP contribution in [0.5, 0.6) is 0 Å². The first-order valence-corrected chi connectivity index (χ1v) is 6.12. The van der Waals surface area contributed by atoms with E-state index in [1.54, 1.807) is 0 Å². The van der Waals surface area contributed by atoms with Crippen LogP contribution in [0.3, 0.4) is 0 Å². The summed E-state index contributed by atoms with van der Waals surface area (Å²) in [6.07, 6.45) is 0. The summed E-state index contributed by atoms with van der Waals surface area (Å²) in [6.45, 7) is 0. The van der Waals surface area contributed by atoms with Gasteiger partial charge in [0, 0.05) is 0 Å². The van der Waals surface area contributed by atoms with Gasteiger partial charge in [0.2, 0.25) is 5.91 Å². The van der Waals surface area contributed by atoms with Gasteiger partial charge in [-0.3, -0.25) is 14.9 Å². The zero-order valence-electron chi connectivity index (χ0n) is 8.84. The monoisotopic (exact) mass is 243 g/mol. The second kappa shape index (κ2) is 3.89. The highest BCUT2D eigenvalue weighted by Gasteiger charge is 2.32. The quantitative estimate of drug-likeness (QED) is 0.837. The molecule has 4 heteroatoms. The van der Waals surface area contributed by atoms with E-state index in [-0.39, 0.29) is 11.1 Å². The Morgan fingerprint density at radius 2 is 1.76 bits per heavy atom. The van der Waals surface area contributed by atoms with Crippen molar-refractivity contribution in [1.82, 2.24) is 5.32 Å². The number of nitrogens with one attached hydrogen (secondary N) is 1. The zero-order chi connectivity index (χ0) is 11.8. The molecule has 1 aliphatic rings. The van der Waals surface area contributed by atoms with Crippen LogP contribution in [0, 0.1) is 0 Å². The SMILES string of the molecule is O=C1NC(=O)C(c2ccc3ccccc3c2)S1. The van der Waals surface area contributed by atoms with Crippen molar-refractivity contribution in [3.8, 4) is 0 Å². The zero-order valence-corrected chi connectivity index (χ0v) is 9.66. The number of hydrogen-bond acceptors (Lipinski definition) is 3. The second-order valence-corrected chi connectivity index (χ2v) is 4.96. The molecule has 1 N–H and O–H groups in total. The number of benzene rings is 2. The highest BCUT2D eigenvalue weighted by Crippen LogP contribution is 2.35. The van der Waals surface area contributed by atoms with Gasteiger partial charge in [-0.15, -0.1) is 0 Å². The maximum atomic E-state index is 11.6. The van der Waals surface area contributed by atoms with Gasteiger partial charge in [0.15, 0.2) is 0 Å². The Bertz CT molecular complexity index is 624. The molecule has 84 valence electrons. The predicted molar refractivity (Wildman–Crippen MR) is 67.8 cm³/mol. The van der Waals surface area contributed by atoms with E-state index >= 15 is 0 Å². The van der Waals surface area contributed by atoms with Crippen molar-refractivity contribution in [3.63, 3.8) is 0 Å². The minimum Gasteiger partial charge on any atom is -0.286 e. The Balaban J connectivity index is 2.06. The normalized spacial score (nSPS) is 19.6. The molecular weight excluding hydrogens is 234 g/mol. The van der Waals surface area contributed by atoms with E-state index in [0.29, 0.717) is 0 Å². The highest BCUT2D eigenvalue weighted by molar-refractivity contribution is 8.15. The molecule has 1 aliphatic heterocycles. The van der Waals surface area contributed by atoms with Crippen LogP contribution >= 0.6 is 11.8 Å². The average molecular weight is 243 g/mol. The van der Waals surface area contributed by atoms with E-state index in [2.05, 4.69) is 5.32 Å². The van der Waals surface area contributed by atoms with Gasteiger partial charge in [-0.1, -0.05) is 36.4 Å². The largest absolute Gasteiger partial charge is 0.286 e. The molecule has 1 fully saturated rings. The van der Waals surface area contributed by atoms with Gasteiger partial charge in [-0.05, 0) is 34.2 Å². The Labute approximate surface area is 102 Å². The molecule has 0 saturated carbocycles. The van der Waals surface area contributed by atoms with Gasteiger partial charge in [0.25, 0.3) is 5.24 Å². The summed E-state index contributed by atoms with van der Waals surface area (Å²) < 4.78 is 0. The van der Waals surface area contributed by atoms with Gasteiger partial charge in [0.1, 0.15) is 5.25 Å². The molecule has 0 aliphatic carbocycles. The minimum atomic E-state index is -0.410. The topological polar surface area (TPSA) is 46.2 Å². The summed E-state index contributed by atoms with van der Waals surface area (Å²) >= 11 is 1.04. The standard InChI is InChI=1S/C13H9NO2S/c15-12-11(17-13(16)14-12)10-6-5-8-3-1-2-4-9(8)7-10/h1-7,11H,(H,14,15,16). The summed E-state index contributed by atoms with van der Waals surface area (Å²) in [5, 5.41) is 3.83. The van der Waals surface area contributed by atoms with Crippen molar-refractivity contribution >= 4 is 33.7 Å². The molecule has 2 aromatic carbocycles. The number of amides is 2. The van der Waals surface area contributed by atoms with E-state index in [1.807, 2.05) is 42.5 Å². The van der Waals surface area contributed by atoms with Crippen molar-refractivity contribution in [2.24, 2.45) is 0 Å². The van der Waals surface area contributed by atoms with Crippen LogP contribution in [0.4, 0.5) is 4.79 Å². The van der Waals surface area contributed by atoms with E-state index in [1.165, 1.54) is 0 Å². The van der Waals surface area contributed by atoms with Gasteiger partial charge in [-0.25, -0.2) is 0 Å². The van der Waals surface area contributed by atoms with E-state index in [0.717, 1.165) is 28.1 Å². The smallest absolute Gasteiger partial charge is 0.286 e. The van der Waals surface area contributed by atoms with Gasteiger partial charge < -0.3 is 0 Å². The van der Waals surface area contributed by atoms with Crippen molar-refractivity contribution in [1.29, 1.82) is 0 Å². The summed E-state index contributed by atoms with van der Waals surface area (Å²) in [5.41, 5.74) is 0.872. The average Bonchev–Trinajstić information content (AvgIpc) is 2.68. The Hall–Kier alpha value is -1.81. The molecule has 2 aromatic rings. The lowest BCUT2D eigenvalue weighted by Gasteiger charge is -2.06. The molecule has 0 bridgehead atoms. The fourth-order valence-electron chi connectivity index (χ4n) is 1.95. The fraction of sp³-hybridized carbons (Fsp3) is 0.0769. The van der Waals surface area contributed by atoms with Crippen LogP contribution in [-0.2, 0) is 4.79 Å². The second-order valence-electron chi connectivity index (χ2n) is 3.88. The molecule has 0 radical (unpaired) electrons. The molecule has 0 spiro atoms. The molecule has 1 unspecified atom stereocenters. The number of thioether (sulfide) groups is 1. The molecule has 1 saturated heterocycles. The number of imide groups is 1. The summed E-state index contributed by atoms with van der Waals surface area (Å²) in [4.78, 5) is 22.7. The molecule has 2 amide bonds. The molecular formula is C13H9NO2S. The minimum absolute atomic E-state index is 0.227.